The number of pyridine rings is 1. The SMILES string of the molecule is CCNc1cc(S(=O)(=O)NC(CC)c2cccs2)ccn1. The fraction of sp³-hybridized carbons (Fsp3) is 0.357. The highest BCUT2D eigenvalue weighted by Gasteiger charge is 2.21. The maximum atomic E-state index is 12.5. The molecule has 114 valence electrons. The summed E-state index contributed by atoms with van der Waals surface area (Å²) < 4.78 is 27.7. The van der Waals surface area contributed by atoms with Gasteiger partial charge in [-0.2, -0.15) is 0 Å². The molecule has 7 heteroatoms. The number of hydrogen-bond acceptors (Lipinski definition) is 5. The minimum absolute atomic E-state index is 0.203. The third-order valence-corrected chi connectivity index (χ3v) is 5.45. The first-order chi connectivity index (χ1) is 10.1. The molecule has 0 spiro atoms. The summed E-state index contributed by atoms with van der Waals surface area (Å²) in [5, 5.41) is 4.96. The van der Waals surface area contributed by atoms with Crippen LogP contribution in [0.3, 0.4) is 0 Å². The Labute approximate surface area is 129 Å². The van der Waals surface area contributed by atoms with Crippen molar-refractivity contribution in [2.75, 3.05) is 11.9 Å². The van der Waals surface area contributed by atoms with Gasteiger partial charge in [0.15, 0.2) is 0 Å². The number of anilines is 1. The Morgan fingerprint density at radius 1 is 1.33 bits per heavy atom. The zero-order valence-corrected chi connectivity index (χ0v) is 13.7. The predicted octanol–water partition coefficient (Wildman–Crippen LogP) is 3.00. The lowest BCUT2D eigenvalue weighted by molar-refractivity contribution is 0.553. The van der Waals surface area contributed by atoms with Crippen LogP contribution in [0.4, 0.5) is 5.82 Å². The first-order valence-corrected chi connectivity index (χ1v) is 9.18. The van der Waals surface area contributed by atoms with Gasteiger partial charge in [-0.3, -0.25) is 0 Å². The smallest absolute Gasteiger partial charge is 0.241 e. The van der Waals surface area contributed by atoms with E-state index in [4.69, 9.17) is 0 Å². The van der Waals surface area contributed by atoms with Crippen molar-refractivity contribution in [1.82, 2.24) is 9.71 Å². The van der Waals surface area contributed by atoms with Crippen molar-refractivity contribution in [3.63, 3.8) is 0 Å². The summed E-state index contributed by atoms with van der Waals surface area (Å²) in [4.78, 5) is 5.33. The van der Waals surface area contributed by atoms with Crippen molar-refractivity contribution in [3.8, 4) is 0 Å². The molecule has 21 heavy (non-hydrogen) atoms. The monoisotopic (exact) mass is 325 g/mol. The molecule has 0 aliphatic heterocycles. The van der Waals surface area contributed by atoms with Crippen LogP contribution in [-0.4, -0.2) is 19.9 Å². The minimum atomic E-state index is -3.56. The van der Waals surface area contributed by atoms with Crippen LogP contribution in [0.25, 0.3) is 0 Å². The lowest BCUT2D eigenvalue weighted by atomic mass is 10.2. The van der Waals surface area contributed by atoms with Crippen molar-refractivity contribution < 1.29 is 8.42 Å². The highest BCUT2D eigenvalue weighted by molar-refractivity contribution is 7.89. The summed E-state index contributed by atoms with van der Waals surface area (Å²) in [6.45, 7) is 4.59. The molecule has 1 unspecified atom stereocenters. The normalized spacial score (nSPS) is 13.0. The second kappa shape index (κ2) is 7.02. The van der Waals surface area contributed by atoms with E-state index < -0.39 is 10.0 Å². The van der Waals surface area contributed by atoms with E-state index in [0.29, 0.717) is 18.8 Å². The van der Waals surface area contributed by atoms with Gasteiger partial charge in [0, 0.05) is 23.7 Å². The first kappa shape index (κ1) is 15.9. The van der Waals surface area contributed by atoms with Gasteiger partial charge in [0.2, 0.25) is 10.0 Å². The number of rotatable bonds is 7. The van der Waals surface area contributed by atoms with Crippen molar-refractivity contribution in [1.29, 1.82) is 0 Å². The standard InChI is InChI=1S/C14H19N3O2S2/c1-3-12(13-6-5-9-20-13)17-21(18,19)11-7-8-16-14(10-11)15-4-2/h5-10,12,17H,3-4H2,1-2H3,(H,15,16). The summed E-state index contributed by atoms with van der Waals surface area (Å²) in [6.07, 6.45) is 2.20. The van der Waals surface area contributed by atoms with Gasteiger partial charge >= 0.3 is 0 Å². The molecule has 0 aliphatic rings. The van der Waals surface area contributed by atoms with Crippen LogP contribution in [0.15, 0.2) is 40.7 Å². The van der Waals surface area contributed by atoms with Crippen LogP contribution in [0.1, 0.15) is 31.2 Å². The third-order valence-electron chi connectivity index (χ3n) is 2.99. The van der Waals surface area contributed by atoms with Crippen molar-refractivity contribution >= 4 is 27.2 Å². The minimum Gasteiger partial charge on any atom is -0.370 e. The third kappa shape index (κ3) is 4.03. The molecule has 5 nitrogen and oxygen atoms in total. The molecule has 0 saturated heterocycles. The van der Waals surface area contributed by atoms with Crippen molar-refractivity contribution in [2.24, 2.45) is 0 Å². The van der Waals surface area contributed by atoms with Crippen LogP contribution >= 0.6 is 11.3 Å². The van der Waals surface area contributed by atoms with E-state index in [1.54, 1.807) is 17.4 Å². The van der Waals surface area contributed by atoms with Gasteiger partial charge in [-0.1, -0.05) is 13.0 Å². The first-order valence-electron chi connectivity index (χ1n) is 6.82. The molecule has 0 amide bonds. The Balaban J connectivity index is 2.23. The van der Waals surface area contributed by atoms with Gasteiger partial charge in [-0.25, -0.2) is 18.1 Å². The molecule has 1 atom stereocenters. The molecule has 2 rings (SSSR count). The van der Waals surface area contributed by atoms with E-state index in [-0.39, 0.29) is 10.9 Å². The van der Waals surface area contributed by atoms with E-state index in [1.807, 2.05) is 31.4 Å². The molecule has 0 saturated carbocycles. The Morgan fingerprint density at radius 3 is 2.76 bits per heavy atom. The summed E-state index contributed by atoms with van der Waals surface area (Å²) in [5.74, 6) is 0.560. The molecule has 0 aliphatic carbocycles. The Hall–Kier alpha value is -1.44. The highest BCUT2D eigenvalue weighted by atomic mass is 32.2. The molecule has 2 heterocycles. The van der Waals surface area contributed by atoms with Crippen LogP contribution in [-0.2, 0) is 10.0 Å². The van der Waals surface area contributed by atoms with E-state index in [1.165, 1.54) is 12.3 Å². The van der Waals surface area contributed by atoms with Crippen molar-refractivity contribution in [3.05, 3.63) is 40.7 Å². The molecule has 2 aromatic rings. The van der Waals surface area contributed by atoms with E-state index in [9.17, 15) is 8.42 Å². The largest absolute Gasteiger partial charge is 0.370 e. The van der Waals surface area contributed by atoms with E-state index >= 15 is 0 Å². The predicted molar refractivity (Wildman–Crippen MR) is 86.1 cm³/mol. The number of nitrogens with one attached hydrogen (secondary N) is 2. The highest BCUT2D eigenvalue weighted by Crippen LogP contribution is 2.24. The molecular formula is C14H19N3O2S2. The van der Waals surface area contributed by atoms with Gasteiger partial charge in [0.25, 0.3) is 0 Å². The zero-order valence-electron chi connectivity index (χ0n) is 12.0. The average Bonchev–Trinajstić information content (AvgIpc) is 2.99. The van der Waals surface area contributed by atoms with E-state index in [0.717, 1.165) is 4.88 Å². The summed E-state index contributed by atoms with van der Waals surface area (Å²) in [6, 6.07) is 6.72. The Bertz CT molecular complexity index is 669. The number of nitrogens with zero attached hydrogens (tertiary/aromatic N) is 1. The molecular weight excluding hydrogens is 306 g/mol. The lowest BCUT2D eigenvalue weighted by Crippen LogP contribution is -2.28. The average molecular weight is 325 g/mol. The van der Waals surface area contributed by atoms with Crippen LogP contribution in [0.2, 0.25) is 0 Å². The van der Waals surface area contributed by atoms with Crippen LogP contribution in [0.5, 0.6) is 0 Å². The summed E-state index contributed by atoms with van der Waals surface area (Å²) >= 11 is 1.55. The molecule has 0 bridgehead atoms. The number of thiophene rings is 1. The Kier molecular flexibility index (Phi) is 5.33. The van der Waals surface area contributed by atoms with Gasteiger partial charge in [0.05, 0.1) is 10.9 Å². The summed E-state index contributed by atoms with van der Waals surface area (Å²) in [7, 11) is -3.56. The van der Waals surface area contributed by atoms with E-state index in [2.05, 4.69) is 15.0 Å². The van der Waals surface area contributed by atoms with Crippen LogP contribution < -0.4 is 10.0 Å². The maximum Gasteiger partial charge on any atom is 0.241 e. The molecule has 2 N–H and O–H groups in total. The van der Waals surface area contributed by atoms with Crippen molar-refractivity contribution in [2.45, 2.75) is 31.2 Å². The van der Waals surface area contributed by atoms with Gasteiger partial charge < -0.3 is 5.32 Å². The van der Waals surface area contributed by atoms with Gasteiger partial charge in [-0.05, 0) is 30.9 Å². The topological polar surface area (TPSA) is 71.1 Å². The molecule has 0 radical (unpaired) electrons. The fourth-order valence-electron chi connectivity index (χ4n) is 1.94. The number of aromatic nitrogens is 1. The Morgan fingerprint density at radius 2 is 2.14 bits per heavy atom. The second-order valence-corrected chi connectivity index (χ2v) is 7.20. The van der Waals surface area contributed by atoms with Gasteiger partial charge in [-0.15, -0.1) is 11.3 Å². The zero-order chi connectivity index (χ0) is 15.3. The molecule has 0 aromatic carbocycles. The number of sulfonamides is 1. The van der Waals surface area contributed by atoms with Crippen LogP contribution in [0, 0.1) is 0 Å². The number of hydrogen-bond donors (Lipinski definition) is 2. The lowest BCUT2D eigenvalue weighted by Gasteiger charge is -2.16. The fourth-order valence-corrected chi connectivity index (χ4v) is 4.19. The second-order valence-electron chi connectivity index (χ2n) is 4.50. The molecule has 2 aromatic heterocycles. The molecule has 0 fully saturated rings. The summed E-state index contributed by atoms with van der Waals surface area (Å²) in [5.41, 5.74) is 0. The maximum absolute atomic E-state index is 12.5. The van der Waals surface area contributed by atoms with Gasteiger partial charge in [0.1, 0.15) is 5.82 Å². The quantitative estimate of drug-likeness (QED) is 0.821.